The third-order valence-electron chi connectivity index (χ3n) is 4.25. The van der Waals surface area contributed by atoms with Crippen LogP contribution in [0.2, 0.25) is 0 Å². The van der Waals surface area contributed by atoms with E-state index in [1.807, 2.05) is 0 Å². The van der Waals surface area contributed by atoms with Gasteiger partial charge in [-0.1, -0.05) is 18.2 Å². The molecule has 1 amide bonds. The average Bonchev–Trinajstić information content (AvgIpc) is 2.59. The zero-order valence-corrected chi connectivity index (χ0v) is 13.0. The Morgan fingerprint density at radius 3 is 2.28 bits per heavy atom. The third kappa shape index (κ3) is 3.22. The van der Waals surface area contributed by atoms with E-state index in [0.717, 1.165) is 24.3 Å². The first-order valence-electron chi connectivity index (χ1n) is 7.60. The molecule has 7 heteroatoms. The molecule has 3 rings (SSSR count). The number of hydrogen-bond donors (Lipinski definition) is 1. The number of carbonyl (C=O) groups is 2. The van der Waals surface area contributed by atoms with E-state index in [9.17, 15) is 27.9 Å². The van der Waals surface area contributed by atoms with Gasteiger partial charge in [0, 0.05) is 17.8 Å². The number of carboxylic acid groups (broad SMARTS) is 1. The molecule has 25 heavy (non-hydrogen) atoms. The molecule has 1 unspecified atom stereocenters. The first kappa shape index (κ1) is 17.0. The largest absolute Gasteiger partial charge is 0.481 e. The van der Waals surface area contributed by atoms with Crippen LogP contribution in [0.3, 0.4) is 0 Å². The molecule has 1 heterocycles. The van der Waals surface area contributed by atoms with E-state index in [4.69, 9.17) is 0 Å². The molecule has 2 aromatic rings. The summed E-state index contributed by atoms with van der Waals surface area (Å²) in [6.45, 7) is 0.188. The number of benzene rings is 2. The van der Waals surface area contributed by atoms with Gasteiger partial charge in [-0.25, -0.2) is 0 Å². The SMILES string of the molecule is O=C(O)C1CCN(C(=O)c2ccc(C(F)(F)F)cc2)c2ccccc21. The molecule has 0 fully saturated rings. The number of anilines is 1. The summed E-state index contributed by atoms with van der Waals surface area (Å²) in [5, 5.41) is 9.32. The zero-order chi connectivity index (χ0) is 18.2. The van der Waals surface area contributed by atoms with Crippen molar-refractivity contribution in [2.75, 3.05) is 11.4 Å². The van der Waals surface area contributed by atoms with Crippen molar-refractivity contribution >= 4 is 17.6 Å². The second-order valence-electron chi connectivity index (χ2n) is 5.77. The van der Waals surface area contributed by atoms with Gasteiger partial charge < -0.3 is 10.0 Å². The molecule has 130 valence electrons. The quantitative estimate of drug-likeness (QED) is 0.894. The van der Waals surface area contributed by atoms with E-state index in [0.29, 0.717) is 11.3 Å². The highest BCUT2D eigenvalue weighted by Crippen LogP contribution is 2.36. The Bertz CT molecular complexity index is 815. The van der Waals surface area contributed by atoms with E-state index in [-0.39, 0.29) is 18.5 Å². The van der Waals surface area contributed by atoms with Gasteiger partial charge in [-0.2, -0.15) is 13.2 Å². The molecule has 0 saturated heterocycles. The lowest BCUT2D eigenvalue weighted by Gasteiger charge is -2.32. The van der Waals surface area contributed by atoms with Crippen LogP contribution in [-0.4, -0.2) is 23.5 Å². The summed E-state index contributed by atoms with van der Waals surface area (Å²) >= 11 is 0. The lowest BCUT2D eigenvalue weighted by molar-refractivity contribution is -0.139. The van der Waals surface area contributed by atoms with Gasteiger partial charge in [0.15, 0.2) is 0 Å². The van der Waals surface area contributed by atoms with Crippen molar-refractivity contribution in [1.82, 2.24) is 0 Å². The molecule has 1 aliphatic heterocycles. The number of para-hydroxylation sites is 1. The smallest absolute Gasteiger partial charge is 0.416 e. The van der Waals surface area contributed by atoms with Gasteiger partial charge in [0.1, 0.15) is 0 Å². The van der Waals surface area contributed by atoms with Gasteiger partial charge in [0.2, 0.25) is 0 Å². The lowest BCUT2D eigenvalue weighted by Crippen LogP contribution is -2.38. The molecule has 0 aliphatic carbocycles. The molecule has 0 bridgehead atoms. The normalized spacial score (nSPS) is 17.1. The monoisotopic (exact) mass is 349 g/mol. The molecule has 0 aromatic heterocycles. The van der Waals surface area contributed by atoms with Crippen molar-refractivity contribution < 1.29 is 27.9 Å². The number of fused-ring (bicyclic) bond motifs is 1. The number of carboxylic acids is 1. The molecule has 2 aromatic carbocycles. The highest BCUT2D eigenvalue weighted by Gasteiger charge is 2.33. The van der Waals surface area contributed by atoms with Crippen molar-refractivity contribution in [1.29, 1.82) is 0 Å². The van der Waals surface area contributed by atoms with Crippen LogP contribution in [0.15, 0.2) is 48.5 Å². The highest BCUT2D eigenvalue weighted by molar-refractivity contribution is 6.07. The fourth-order valence-corrected chi connectivity index (χ4v) is 2.99. The van der Waals surface area contributed by atoms with Crippen molar-refractivity contribution in [3.63, 3.8) is 0 Å². The number of halogens is 3. The summed E-state index contributed by atoms with van der Waals surface area (Å²) < 4.78 is 37.9. The van der Waals surface area contributed by atoms with Crippen molar-refractivity contribution in [3.8, 4) is 0 Å². The second-order valence-corrected chi connectivity index (χ2v) is 5.77. The molecule has 0 saturated carbocycles. The molecule has 1 aliphatic rings. The van der Waals surface area contributed by atoms with Gasteiger partial charge in [0.05, 0.1) is 11.5 Å². The van der Waals surface area contributed by atoms with E-state index < -0.39 is 29.5 Å². The molecular formula is C18H14F3NO3. The van der Waals surface area contributed by atoms with Crippen LogP contribution in [-0.2, 0) is 11.0 Å². The predicted molar refractivity (Wildman–Crippen MR) is 84.6 cm³/mol. The van der Waals surface area contributed by atoms with Gasteiger partial charge in [-0.3, -0.25) is 9.59 Å². The topological polar surface area (TPSA) is 57.6 Å². The average molecular weight is 349 g/mol. The summed E-state index contributed by atoms with van der Waals surface area (Å²) in [7, 11) is 0. The number of aliphatic carboxylic acids is 1. The minimum atomic E-state index is -4.46. The lowest BCUT2D eigenvalue weighted by atomic mass is 9.89. The van der Waals surface area contributed by atoms with Crippen LogP contribution in [0.4, 0.5) is 18.9 Å². The standard InChI is InChI=1S/C18H14F3NO3/c19-18(20,21)12-7-5-11(6-8-12)16(23)22-10-9-14(17(24)25)13-3-1-2-4-15(13)22/h1-8,14H,9-10H2,(H,24,25). The number of rotatable bonds is 2. The maximum atomic E-state index is 12.7. The highest BCUT2D eigenvalue weighted by atomic mass is 19.4. The molecule has 0 spiro atoms. The van der Waals surface area contributed by atoms with Crippen molar-refractivity contribution in [2.24, 2.45) is 0 Å². The number of amides is 1. The second kappa shape index (κ2) is 6.23. The molecule has 0 radical (unpaired) electrons. The van der Waals surface area contributed by atoms with Gasteiger partial charge in [-0.15, -0.1) is 0 Å². The number of nitrogens with zero attached hydrogens (tertiary/aromatic N) is 1. The molecule has 1 N–H and O–H groups in total. The maximum Gasteiger partial charge on any atom is 0.416 e. The molecule has 4 nitrogen and oxygen atoms in total. The number of alkyl halides is 3. The Kier molecular flexibility index (Phi) is 4.24. The zero-order valence-electron chi connectivity index (χ0n) is 13.0. The van der Waals surface area contributed by atoms with Gasteiger partial charge >= 0.3 is 12.1 Å². The Morgan fingerprint density at radius 1 is 1.04 bits per heavy atom. The van der Waals surface area contributed by atoms with E-state index in [2.05, 4.69) is 0 Å². The first-order valence-corrected chi connectivity index (χ1v) is 7.60. The van der Waals surface area contributed by atoms with Gasteiger partial charge in [0.25, 0.3) is 5.91 Å². The van der Waals surface area contributed by atoms with Crippen LogP contribution in [0.1, 0.15) is 33.8 Å². The van der Waals surface area contributed by atoms with E-state index >= 15 is 0 Å². The number of hydrogen-bond acceptors (Lipinski definition) is 2. The van der Waals surface area contributed by atoms with Crippen LogP contribution in [0, 0.1) is 0 Å². The molecular weight excluding hydrogens is 335 g/mol. The summed E-state index contributed by atoms with van der Waals surface area (Å²) in [5.74, 6) is -2.12. The minimum Gasteiger partial charge on any atom is -0.481 e. The Hall–Kier alpha value is -2.83. The maximum absolute atomic E-state index is 12.7. The predicted octanol–water partition coefficient (Wildman–Crippen LogP) is 3.92. The third-order valence-corrected chi connectivity index (χ3v) is 4.25. The van der Waals surface area contributed by atoms with Crippen molar-refractivity contribution in [3.05, 3.63) is 65.2 Å². The van der Waals surface area contributed by atoms with E-state index in [1.165, 1.54) is 4.90 Å². The van der Waals surface area contributed by atoms with E-state index in [1.54, 1.807) is 24.3 Å². The Morgan fingerprint density at radius 2 is 1.68 bits per heavy atom. The van der Waals surface area contributed by atoms with Crippen LogP contribution in [0.25, 0.3) is 0 Å². The summed E-state index contributed by atoms with van der Waals surface area (Å²) in [4.78, 5) is 25.5. The fourth-order valence-electron chi connectivity index (χ4n) is 2.99. The number of carbonyl (C=O) groups excluding carboxylic acids is 1. The Balaban J connectivity index is 1.93. The summed E-state index contributed by atoms with van der Waals surface area (Å²) in [6, 6.07) is 10.7. The van der Waals surface area contributed by atoms with Crippen LogP contribution in [0.5, 0.6) is 0 Å². The van der Waals surface area contributed by atoms with Crippen LogP contribution < -0.4 is 4.90 Å². The minimum absolute atomic E-state index is 0.122. The Labute approximate surface area is 141 Å². The van der Waals surface area contributed by atoms with Gasteiger partial charge in [-0.05, 0) is 42.3 Å². The van der Waals surface area contributed by atoms with Crippen LogP contribution >= 0.6 is 0 Å². The summed E-state index contributed by atoms with van der Waals surface area (Å²) in [6.07, 6.45) is -4.22. The molecule has 1 atom stereocenters. The fraction of sp³-hybridized carbons (Fsp3) is 0.222. The summed E-state index contributed by atoms with van der Waals surface area (Å²) in [5.41, 5.74) is 0.304. The van der Waals surface area contributed by atoms with Crippen molar-refractivity contribution in [2.45, 2.75) is 18.5 Å². The first-order chi connectivity index (χ1) is 11.8.